The van der Waals surface area contributed by atoms with Gasteiger partial charge in [0.1, 0.15) is 11.5 Å². The minimum Gasteiger partial charge on any atom is -0.495 e. The third-order valence-corrected chi connectivity index (χ3v) is 10.3. The molecule has 0 heterocycles. The molecule has 0 aromatic heterocycles. The lowest BCUT2D eigenvalue weighted by molar-refractivity contribution is 0.351. The lowest BCUT2D eigenvalue weighted by Gasteiger charge is -2.27. The Morgan fingerprint density at radius 1 is 0.500 bits per heavy atom. The standard InChI is InChI=1S/C46H64N2O6/c1-15-17-19-21-47-25-33-39-31(35(27(3)4)45(53-13)41(33)49-9)23-29(7)37(43(39)51-11)38-30(8)24-32-36(28(5)6)46(54-14)42(50-10)34(40(32)44(38)52-12)26-48-22-20-18-16-2/h23-28H,15-22H2,1-14H3. The van der Waals surface area contributed by atoms with E-state index in [0.717, 1.165) is 129 Å². The highest BCUT2D eigenvalue weighted by molar-refractivity contribution is 6.15. The molecule has 0 aliphatic carbocycles. The molecule has 0 N–H and O–H groups in total. The number of ether oxygens (including phenoxy) is 6. The number of methoxy groups -OCH3 is 6. The van der Waals surface area contributed by atoms with Crippen LogP contribution < -0.4 is 28.4 Å². The summed E-state index contributed by atoms with van der Waals surface area (Å²) in [4.78, 5) is 9.84. The topological polar surface area (TPSA) is 80.1 Å². The Morgan fingerprint density at radius 2 is 0.833 bits per heavy atom. The van der Waals surface area contributed by atoms with Crippen molar-refractivity contribution in [3.05, 3.63) is 45.5 Å². The molecule has 0 unspecified atom stereocenters. The van der Waals surface area contributed by atoms with Crippen LogP contribution >= 0.6 is 0 Å². The molecule has 4 aromatic rings. The molecular formula is C46H64N2O6. The van der Waals surface area contributed by atoms with E-state index >= 15 is 0 Å². The Bertz CT molecular complexity index is 1850. The highest BCUT2D eigenvalue weighted by Crippen LogP contribution is 2.55. The second kappa shape index (κ2) is 19.2. The van der Waals surface area contributed by atoms with Gasteiger partial charge in [0.25, 0.3) is 0 Å². The number of rotatable bonds is 19. The van der Waals surface area contributed by atoms with Crippen molar-refractivity contribution in [2.75, 3.05) is 55.7 Å². The number of fused-ring (bicyclic) bond motifs is 2. The fourth-order valence-corrected chi connectivity index (χ4v) is 7.95. The Kier molecular flexibility index (Phi) is 15.1. The number of benzene rings is 4. The van der Waals surface area contributed by atoms with Crippen LogP contribution in [0.1, 0.15) is 125 Å². The quantitative estimate of drug-likeness (QED) is 0.0703. The maximum absolute atomic E-state index is 6.55. The molecule has 8 nitrogen and oxygen atoms in total. The predicted octanol–water partition coefficient (Wildman–Crippen LogP) is 11.8. The smallest absolute Gasteiger partial charge is 0.170 e. The van der Waals surface area contributed by atoms with Gasteiger partial charge in [0.05, 0.1) is 42.7 Å². The van der Waals surface area contributed by atoms with Crippen molar-refractivity contribution in [3.8, 4) is 45.6 Å². The first-order valence-electron chi connectivity index (χ1n) is 19.6. The average Bonchev–Trinajstić information content (AvgIpc) is 3.15. The van der Waals surface area contributed by atoms with Gasteiger partial charge in [-0.15, -0.1) is 0 Å². The van der Waals surface area contributed by atoms with Crippen molar-refractivity contribution < 1.29 is 28.4 Å². The predicted molar refractivity (Wildman–Crippen MR) is 228 cm³/mol. The third-order valence-electron chi connectivity index (χ3n) is 10.3. The van der Waals surface area contributed by atoms with E-state index in [-0.39, 0.29) is 11.8 Å². The molecule has 0 saturated carbocycles. The van der Waals surface area contributed by atoms with Gasteiger partial charge in [-0.1, -0.05) is 79.4 Å². The summed E-state index contributed by atoms with van der Waals surface area (Å²) in [6, 6.07) is 4.51. The van der Waals surface area contributed by atoms with Crippen molar-refractivity contribution in [2.24, 2.45) is 9.98 Å². The minimum atomic E-state index is 0.134. The number of aryl methyl sites for hydroxylation is 2. The summed E-state index contributed by atoms with van der Waals surface area (Å²) in [6.07, 6.45) is 10.4. The first kappa shape index (κ1) is 42.3. The zero-order valence-corrected chi connectivity index (χ0v) is 35.5. The van der Waals surface area contributed by atoms with Crippen LogP contribution in [0.4, 0.5) is 0 Å². The first-order valence-corrected chi connectivity index (χ1v) is 19.6. The molecule has 0 bridgehead atoms. The lowest BCUT2D eigenvalue weighted by Crippen LogP contribution is -2.08. The first-order chi connectivity index (χ1) is 26.0. The Hall–Kier alpha value is -4.46. The molecular weight excluding hydrogens is 677 g/mol. The normalized spacial score (nSPS) is 11.9. The van der Waals surface area contributed by atoms with E-state index in [0.29, 0.717) is 23.0 Å². The second-order valence-corrected chi connectivity index (χ2v) is 14.6. The van der Waals surface area contributed by atoms with Gasteiger partial charge in [-0.2, -0.15) is 0 Å². The van der Waals surface area contributed by atoms with E-state index in [1.807, 2.05) is 12.4 Å². The van der Waals surface area contributed by atoms with E-state index in [4.69, 9.17) is 38.4 Å². The zero-order valence-electron chi connectivity index (χ0n) is 35.5. The largest absolute Gasteiger partial charge is 0.495 e. The van der Waals surface area contributed by atoms with Gasteiger partial charge in [-0.05, 0) is 60.4 Å². The molecule has 0 fully saturated rings. The Morgan fingerprint density at radius 3 is 1.11 bits per heavy atom. The van der Waals surface area contributed by atoms with Gasteiger partial charge < -0.3 is 28.4 Å². The lowest BCUT2D eigenvalue weighted by atomic mass is 9.83. The molecule has 4 aromatic carbocycles. The van der Waals surface area contributed by atoms with Crippen molar-refractivity contribution in [2.45, 2.75) is 106 Å². The molecule has 0 atom stereocenters. The second-order valence-electron chi connectivity index (χ2n) is 14.6. The summed E-state index contributed by atoms with van der Waals surface area (Å²) >= 11 is 0. The molecule has 0 spiro atoms. The Labute approximate surface area is 324 Å². The van der Waals surface area contributed by atoms with Crippen molar-refractivity contribution in [3.63, 3.8) is 0 Å². The number of hydrogen-bond donors (Lipinski definition) is 0. The zero-order chi connectivity index (χ0) is 39.7. The molecule has 54 heavy (non-hydrogen) atoms. The van der Waals surface area contributed by atoms with Crippen LogP contribution in [-0.4, -0.2) is 68.2 Å². The van der Waals surface area contributed by atoms with Gasteiger partial charge in [0, 0.05) is 69.7 Å². The molecule has 0 saturated heterocycles. The minimum absolute atomic E-state index is 0.134. The van der Waals surface area contributed by atoms with E-state index in [9.17, 15) is 0 Å². The highest BCUT2D eigenvalue weighted by atomic mass is 16.5. The SMILES string of the molecule is CCCCCN=Cc1c(OC)c(OC)c(C(C)C)c2cc(C)c(-c3c(C)cc4c(C(C)C)c(OC)c(OC)c(C=NCCCCC)c4c3OC)c(OC)c12. The fourth-order valence-electron chi connectivity index (χ4n) is 7.95. The summed E-state index contributed by atoms with van der Waals surface area (Å²) in [6.45, 7) is 18.9. The maximum Gasteiger partial charge on any atom is 0.170 e. The van der Waals surface area contributed by atoms with Crippen LogP contribution in [0, 0.1) is 13.8 Å². The summed E-state index contributed by atoms with van der Waals surface area (Å²) in [5.41, 5.74) is 7.73. The van der Waals surface area contributed by atoms with Gasteiger partial charge in [-0.3, -0.25) is 9.98 Å². The van der Waals surface area contributed by atoms with Gasteiger partial charge in [0.15, 0.2) is 23.0 Å². The fraction of sp³-hybridized carbons (Fsp3) is 0.522. The highest BCUT2D eigenvalue weighted by Gasteiger charge is 2.31. The van der Waals surface area contributed by atoms with Crippen LogP contribution in [0.3, 0.4) is 0 Å². The molecule has 4 rings (SSSR count). The summed E-state index contributed by atoms with van der Waals surface area (Å²) < 4.78 is 37.7. The van der Waals surface area contributed by atoms with E-state index in [1.165, 1.54) is 0 Å². The summed E-state index contributed by atoms with van der Waals surface area (Å²) in [7, 11) is 10.3. The number of hydrogen-bond acceptors (Lipinski definition) is 8. The molecule has 0 aliphatic heterocycles. The molecule has 0 aliphatic rings. The summed E-state index contributed by atoms with van der Waals surface area (Å²) in [5.74, 6) is 4.43. The summed E-state index contributed by atoms with van der Waals surface area (Å²) in [5, 5.41) is 3.93. The average molecular weight is 741 g/mol. The Balaban J connectivity index is 2.29. The van der Waals surface area contributed by atoms with E-state index in [1.54, 1.807) is 42.7 Å². The number of nitrogens with zero attached hydrogens (tertiary/aromatic N) is 2. The maximum atomic E-state index is 6.55. The monoisotopic (exact) mass is 740 g/mol. The number of aliphatic imine (C=N–C) groups is 2. The van der Waals surface area contributed by atoms with Crippen LogP contribution in [0.2, 0.25) is 0 Å². The van der Waals surface area contributed by atoms with Gasteiger partial charge >= 0.3 is 0 Å². The van der Waals surface area contributed by atoms with E-state index in [2.05, 4.69) is 67.5 Å². The van der Waals surface area contributed by atoms with Crippen LogP contribution in [-0.2, 0) is 0 Å². The van der Waals surface area contributed by atoms with Crippen molar-refractivity contribution in [1.29, 1.82) is 0 Å². The van der Waals surface area contributed by atoms with Gasteiger partial charge in [0.2, 0.25) is 0 Å². The number of unbranched alkanes of at least 4 members (excludes halogenated alkanes) is 4. The van der Waals surface area contributed by atoms with E-state index < -0.39 is 0 Å². The van der Waals surface area contributed by atoms with Crippen molar-refractivity contribution >= 4 is 34.0 Å². The molecule has 0 amide bonds. The third kappa shape index (κ3) is 7.99. The van der Waals surface area contributed by atoms with Crippen LogP contribution in [0.25, 0.3) is 32.7 Å². The van der Waals surface area contributed by atoms with Crippen molar-refractivity contribution in [1.82, 2.24) is 0 Å². The van der Waals surface area contributed by atoms with Crippen LogP contribution in [0.5, 0.6) is 34.5 Å². The molecule has 8 heteroatoms. The molecule has 0 radical (unpaired) electrons. The van der Waals surface area contributed by atoms with Crippen LogP contribution in [0.15, 0.2) is 22.1 Å². The van der Waals surface area contributed by atoms with Gasteiger partial charge in [-0.25, -0.2) is 0 Å². The molecule has 294 valence electrons.